The maximum atomic E-state index is 5.99. The van der Waals surface area contributed by atoms with Gasteiger partial charge < -0.3 is 10.1 Å². The third-order valence-corrected chi connectivity index (χ3v) is 4.77. The van der Waals surface area contributed by atoms with Crippen LogP contribution in [-0.2, 0) is 4.74 Å². The van der Waals surface area contributed by atoms with Crippen LogP contribution in [0.25, 0.3) is 5.78 Å². The number of fused-ring (bicyclic) bond motifs is 1. The molecule has 1 aromatic carbocycles. The van der Waals surface area contributed by atoms with E-state index in [1.807, 2.05) is 38.1 Å². The van der Waals surface area contributed by atoms with E-state index in [-0.39, 0.29) is 12.1 Å². The quantitative estimate of drug-likeness (QED) is 0.790. The van der Waals surface area contributed by atoms with Gasteiger partial charge in [-0.3, -0.25) is 0 Å². The molecule has 1 aliphatic rings. The van der Waals surface area contributed by atoms with Gasteiger partial charge in [0.15, 0.2) is 0 Å². The lowest BCUT2D eigenvalue weighted by molar-refractivity contribution is 0.107. The smallest absolute Gasteiger partial charge is 0.254 e. The molecule has 0 amide bonds. The first-order chi connectivity index (χ1) is 11.6. The highest BCUT2D eigenvalue weighted by Crippen LogP contribution is 2.33. The van der Waals surface area contributed by atoms with E-state index in [2.05, 4.69) is 20.4 Å². The summed E-state index contributed by atoms with van der Waals surface area (Å²) in [5, 5.41) is 8.63. The second-order valence-electron chi connectivity index (χ2n) is 6.03. The zero-order valence-corrected chi connectivity index (χ0v) is 14.3. The molecule has 3 heterocycles. The van der Waals surface area contributed by atoms with Crippen LogP contribution in [0.3, 0.4) is 0 Å². The Bertz CT molecular complexity index is 877. The van der Waals surface area contributed by atoms with Crippen LogP contribution >= 0.6 is 11.6 Å². The maximum absolute atomic E-state index is 5.99. The standard InChI is InChI=1S/C17H18ClN5O/c1-10-11(2)21-17-19-9-20-23(17)16(10)22-14-7-8-24-15(14)12-3-5-13(18)6-4-12/h3-6,9,14-15,22H,7-8H2,1-2H3/t14-,15+/m1/s1. The van der Waals surface area contributed by atoms with Gasteiger partial charge in [-0.15, -0.1) is 0 Å². The zero-order valence-electron chi connectivity index (χ0n) is 13.5. The third-order valence-electron chi connectivity index (χ3n) is 4.52. The van der Waals surface area contributed by atoms with E-state index in [1.54, 1.807) is 4.52 Å². The van der Waals surface area contributed by atoms with Crippen molar-refractivity contribution < 1.29 is 4.74 Å². The Morgan fingerprint density at radius 1 is 1.25 bits per heavy atom. The molecule has 1 saturated heterocycles. The second-order valence-corrected chi connectivity index (χ2v) is 6.46. The SMILES string of the molecule is Cc1nc2ncnn2c(N[C@@H]2CCO[C@H]2c2ccc(Cl)cc2)c1C. The molecular formula is C17H18ClN5O. The van der Waals surface area contributed by atoms with Crippen LogP contribution in [-0.4, -0.2) is 32.2 Å². The molecule has 0 bridgehead atoms. The van der Waals surface area contributed by atoms with Gasteiger partial charge >= 0.3 is 0 Å². The summed E-state index contributed by atoms with van der Waals surface area (Å²) in [5.74, 6) is 1.52. The van der Waals surface area contributed by atoms with Crippen LogP contribution < -0.4 is 5.32 Å². The highest BCUT2D eigenvalue weighted by atomic mass is 35.5. The van der Waals surface area contributed by atoms with Gasteiger partial charge in [0.25, 0.3) is 5.78 Å². The topological polar surface area (TPSA) is 64.3 Å². The van der Waals surface area contributed by atoms with Gasteiger partial charge in [0.05, 0.1) is 6.04 Å². The van der Waals surface area contributed by atoms with E-state index in [0.29, 0.717) is 12.4 Å². The summed E-state index contributed by atoms with van der Waals surface area (Å²) in [6, 6.07) is 7.98. The molecule has 0 saturated carbocycles. The van der Waals surface area contributed by atoms with Crippen molar-refractivity contribution in [2.75, 3.05) is 11.9 Å². The summed E-state index contributed by atoms with van der Waals surface area (Å²) < 4.78 is 7.71. The molecule has 1 aliphatic heterocycles. The number of nitrogens with zero attached hydrogens (tertiary/aromatic N) is 4. The van der Waals surface area contributed by atoms with Crippen LogP contribution in [0.4, 0.5) is 5.82 Å². The average Bonchev–Trinajstić information content (AvgIpc) is 3.21. The predicted octanol–water partition coefficient (Wildman–Crippen LogP) is 3.34. The first-order valence-corrected chi connectivity index (χ1v) is 8.32. The summed E-state index contributed by atoms with van der Waals surface area (Å²) in [7, 11) is 0. The minimum atomic E-state index is -0.0197. The number of hydrogen-bond donors (Lipinski definition) is 1. The van der Waals surface area contributed by atoms with Gasteiger partial charge in [0.2, 0.25) is 0 Å². The number of anilines is 1. The Morgan fingerprint density at radius 2 is 2.04 bits per heavy atom. The second kappa shape index (κ2) is 6.03. The molecular weight excluding hydrogens is 326 g/mol. The normalized spacial score (nSPS) is 20.6. The highest BCUT2D eigenvalue weighted by molar-refractivity contribution is 6.30. The fourth-order valence-electron chi connectivity index (χ4n) is 3.10. The summed E-state index contributed by atoms with van der Waals surface area (Å²) in [6.07, 6.45) is 2.42. The lowest BCUT2D eigenvalue weighted by Gasteiger charge is -2.23. The van der Waals surface area contributed by atoms with Gasteiger partial charge in [-0.2, -0.15) is 14.6 Å². The van der Waals surface area contributed by atoms with E-state index in [4.69, 9.17) is 16.3 Å². The fraction of sp³-hybridized carbons (Fsp3) is 0.353. The number of nitrogens with one attached hydrogen (secondary N) is 1. The number of rotatable bonds is 3. The summed E-state index contributed by atoms with van der Waals surface area (Å²) in [6.45, 7) is 4.74. The van der Waals surface area contributed by atoms with E-state index < -0.39 is 0 Å². The fourth-order valence-corrected chi connectivity index (χ4v) is 3.22. The summed E-state index contributed by atoms with van der Waals surface area (Å²) >= 11 is 5.99. The Morgan fingerprint density at radius 3 is 2.83 bits per heavy atom. The molecule has 7 heteroatoms. The van der Waals surface area contributed by atoms with Crippen molar-refractivity contribution in [1.29, 1.82) is 0 Å². The molecule has 3 aromatic rings. The van der Waals surface area contributed by atoms with Gasteiger partial charge in [-0.05, 0) is 38.0 Å². The number of ether oxygens (including phenoxy) is 1. The lowest BCUT2D eigenvalue weighted by Crippen LogP contribution is -2.25. The minimum Gasteiger partial charge on any atom is -0.371 e. The number of benzene rings is 1. The molecule has 4 rings (SSSR count). The maximum Gasteiger partial charge on any atom is 0.254 e. The molecule has 0 aliphatic carbocycles. The number of halogens is 1. The van der Waals surface area contributed by atoms with Gasteiger partial charge in [-0.25, -0.2) is 4.98 Å². The molecule has 124 valence electrons. The molecule has 0 radical (unpaired) electrons. The molecule has 0 unspecified atom stereocenters. The van der Waals surface area contributed by atoms with Gasteiger partial charge in [0, 0.05) is 22.9 Å². The minimum absolute atomic E-state index is 0.0197. The van der Waals surface area contributed by atoms with Crippen molar-refractivity contribution in [3.05, 3.63) is 52.4 Å². The Kier molecular flexibility index (Phi) is 3.86. The highest BCUT2D eigenvalue weighted by Gasteiger charge is 2.31. The zero-order chi connectivity index (χ0) is 16.7. The van der Waals surface area contributed by atoms with Crippen LogP contribution in [0.5, 0.6) is 0 Å². The first kappa shape index (κ1) is 15.4. The molecule has 2 aromatic heterocycles. The lowest BCUT2D eigenvalue weighted by atomic mass is 10.0. The van der Waals surface area contributed by atoms with E-state index in [0.717, 1.165) is 34.1 Å². The predicted molar refractivity (Wildman–Crippen MR) is 92.4 cm³/mol. The van der Waals surface area contributed by atoms with E-state index in [9.17, 15) is 0 Å². The first-order valence-electron chi connectivity index (χ1n) is 7.94. The van der Waals surface area contributed by atoms with E-state index in [1.165, 1.54) is 6.33 Å². The number of aromatic nitrogens is 4. The Labute approximate surface area is 144 Å². The Hall–Kier alpha value is -2.18. The number of hydrogen-bond acceptors (Lipinski definition) is 5. The largest absolute Gasteiger partial charge is 0.371 e. The number of aryl methyl sites for hydroxylation is 1. The summed E-state index contributed by atoms with van der Waals surface area (Å²) in [4.78, 5) is 8.66. The van der Waals surface area contributed by atoms with Crippen LogP contribution in [0.2, 0.25) is 5.02 Å². The van der Waals surface area contributed by atoms with Crippen molar-refractivity contribution >= 4 is 23.2 Å². The van der Waals surface area contributed by atoms with Crippen molar-refractivity contribution in [3.63, 3.8) is 0 Å². The average molecular weight is 344 g/mol. The third kappa shape index (κ3) is 2.61. The molecule has 1 fully saturated rings. The summed E-state index contributed by atoms with van der Waals surface area (Å²) in [5.41, 5.74) is 3.13. The van der Waals surface area contributed by atoms with Crippen molar-refractivity contribution in [1.82, 2.24) is 19.6 Å². The van der Waals surface area contributed by atoms with Gasteiger partial charge in [-0.1, -0.05) is 23.7 Å². The van der Waals surface area contributed by atoms with Gasteiger partial charge in [0.1, 0.15) is 18.2 Å². The van der Waals surface area contributed by atoms with Crippen LogP contribution in [0, 0.1) is 13.8 Å². The molecule has 0 spiro atoms. The monoisotopic (exact) mass is 343 g/mol. The molecule has 2 atom stereocenters. The van der Waals surface area contributed by atoms with Crippen LogP contribution in [0.15, 0.2) is 30.6 Å². The molecule has 1 N–H and O–H groups in total. The molecule has 24 heavy (non-hydrogen) atoms. The van der Waals surface area contributed by atoms with Crippen LogP contribution in [0.1, 0.15) is 29.3 Å². The Balaban J connectivity index is 1.68. The van der Waals surface area contributed by atoms with Crippen molar-refractivity contribution in [3.8, 4) is 0 Å². The van der Waals surface area contributed by atoms with E-state index >= 15 is 0 Å². The molecule has 6 nitrogen and oxygen atoms in total. The van der Waals surface area contributed by atoms with Crippen molar-refractivity contribution in [2.24, 2.45) is 0 Å². The van der Waals surface area contributed by atoms with Crippen molar-refractivity contribution in [2.45, 2.75) is 32.4 Å².